The third kappa shape index (κ3) is 7.27. The van der Waals surface area contributed by atoms with Crippen molar-refractivity contribution in [2.24, 2.45) is 0 Å². The summed E-state index contributed by atoms with van der Waals surface area (Å²) in [5.74, 6) is -0.0950. The maximum atomic E-state index is 11.7. The number of carbonyl (C=O) groups excluding carboxylic acids is 1. The summed E-state index contributed by atoms with van der Waals surface area (Å²) in [4.78, 5) is 11.7. The van der Waals surface area contributed by atoms with Crippen LogP contribution in [-0.4, -0.2) is 5.97 Å². The predicted octanol–water partition coefficient (Wildman–Crippen LogP) is 4.18. The SMILES string of the molecule is CCCCCCCCCC(=O)OC(C)[n+]1ccccc1. The monoisotopic (exact) mass is 278 g/mol. The molecule has 1 unspecified atom stereocenters. The molecule has 0 aliphatic carbocycles. The normalized spacial score (nSPS) is 12.1. The van der Waals surface area contributed by atoms with Gasteiger partial charge in [-0.25, -0.2) is 0 Å². The van der Waals surface area contributed by atoms with Crippen LogP contribution < -0.4 is 4.57 Å². The third-order valence-electron chi connectivity index (χ3n) is 3.44. The highest BCUT2D eigenvalue weighted by Crippen LogP contribution is 2.09. The number of unbranched alkanes of at least 4 members (excludes halogenated alkanes) is 6. The Kier molecular flexibility index (Phi) is 8.68. The van der Waals surface area contributed by atoms with Crippen molar-refractivity contribution in [3.8, 4) is 0 Å². The van der Waals surface area contributed by atoms with E-state index in [2.05, 4.69) is 6.92 Å². The van der Waals surface area contributed by atoms with E-state index in [0.717, 1.165) is 12.8 Å². The summed E-state index contributed by atoms with van der Waals surface area (Å²) in [5, 5.41) is 0. The van der Waals surface area contributed by atoms with E-state index in [0.29, 0.717) is 6.42 Å². The molecule has 0 aliphatic heterocycles. The Morgan fingerprint density at radius 1 is 1.00 bits per heavy atom. The Hall–Kier alpha value is -1.38. The molecule has 20 heavy (non-hydrogen) atoms. The molecule has 3 heteroatoms. The van der Waals surface area contributed by atoms with Crippen LogP contribution in [0.25, 0.3) is 0 Å². The van der Waals surface area contributed by atoms with Gasteiger partial charge in [0.1, 0.15) is 0 Å². The van der Waals surface area contributed by atoms with Crippen molar-refractivity contribution in [1.29, 1.82) is 0 Å². The Labute approximate surface area is 123 Å². The first kappa shape index (κ1) is 16.7. The van der Waals surface area contributed by atoms with E-state index in [9.17, 15) is 4.79 Å². The molecule has 0 radical (unpaired) electrons. The van der Waals surface area contributed by atoms with E-state index in [1.807, 2.05) is 42.1 Å². The molecule has 1 atom stereocenters. The lowest BCUT2D eigenvalue weighted by atomic mass is 10.1. The first-order chi connectivity index (χ1) is 9.74. The second-order valence-electron chi connectivity index (χ2n) is 5.28. The highest BCUT2D eigenvalue weighted by atomic mass is 16.6. The maximum absolute atomic E-state index is 11.7. The molecule has 1 heterocycles. The van der Waals surface area contributed by atoms with Gasteiger partial charge in [-0.2, -0.15) is 4.57 Å². The van der Waals surface area contributed by atoms with Gasteiger partial charge < -0.3 is 4.74 Å². The first-order valence-electron chi connectivity index (χ1n) is 7.89. The van der Waals surface area contributed by atoms with Crippen molar-refractivity contribution in [2.75, 3.05) is 0 Å². The number of hydrogen-bond donors (Lipinski definition) is 0. The van der Waals surface area contributed by atoms with E-state index < -0.39 is 0 Å². The number of nitrogens with zero attached hydrogens (tertiary/aromatic N) is 1. The van der Waals surface area contributed by atoms with Gasteiger partial charge in [-0.05, 0) is 6.42 Å². The van der Waals surface area contributed by atoms with Gasteiger partial charge in [0, 0.05) is 25.5 Å². The molecule has 112 valence electrons. The van der Waals surface area contributed by atoms with Crippen molar-refractivity contribution >= 4 is 5.97 Å². The van der Waals surface area contributed by atoms with Crippen LogP contribution in [0.15, 0.2) is 30.6 Å². The van der Waals surface area contributed by atoms with Crippen LogP contribution in [0.1, 0.15) is 71.4 Å². The molecule has 0 fully saturated rings. The highest BCUT2D eigenvalue weighted by molar-refractivity contribution is 5.69. The van der Waals surface area contributed by atoms with Gasteiger partial charge in [-0.1, -0.05) is 51.5 Å². The van der Waals surface area contributed by atoms with Crippen LogP contribution in [-0.2, 0) is 9.53 Å². The van der Waals surface area contributed by atoms with Crippen molar-refractivity contribution < 1.29 is 14.1 Å². The lowest BCUT2D eigenvalue weighted by molar-refractivity contribution is -0.753. The van der Waals surface area contributed by atoms with Crippen LogP contribution in [0.3, 0.4) is 0 Å². The fourth-order valence-corrected chi connectivity index (χ4v) is 2.19. The largest absolute Gasteiger partial charge is 0.403 e. The van der Waals surface area contributed by atoms with Crippen LogP contribution in [0.5, 0.6) is 0 Å². The van der Waals surface area contributed by atoms with Crippen LogP contribution in [0.4, 0.5) is 0 Å². The zero-order chi connectivity index (χ0) is 14.6. The highest BCUT2D eigenvalue weighted by Gasteiger charge is 2.15. The average molecular weight is 278 g/mol. The van der Waals surface area contributed by atoms with Crippen LogP contribution >= 0.6 is 0 Å². The lowest BCUT2D eigenvalue weighted by Crippen LogP contribution is -2.39. The standard InChI is InChI=1S/C17H28NO2/c1-3-4-5-6-7-8-10-13-17(19)20-16(2)18-14-11-9-12-15-18/h9,11-12,14-16H,3-8,10,13H2,1-2H3/q+1. The van der Waals surface area contributed by atoms with Gasteiger partial charge in [0.15, 0.2) is 12.4 Å². The molecule has 1 aromatic rings. The van der Waals surface area contributed by atoms with Gasteiger partial charge in [-0.3, -0.25) is 4.79 Å². The van der Waals surface area contributed by atoms with Gasteiger partial charge >= 0.3 is 12.2 Å². The molecule has 0 bridgehead atoms. The minimum absolute atomic E-state index is 0.0950. The number of aromatic nitrogens is 1. The molecule has 3 nitrogen and oxygen atoms in total. The maximum Gasteiger partial charge on any atom is 0.310 e. The minimum atomic E-state index is -0.228. The molecule has 1 aromatic heterocycles. The molecule has 1 rings (SSSR count). The van der Waals surface area contributed by atoms with Gasteiger partial charge in [0.25, 0.3) is 0 Å². The summed E-state index contributed by atoms with van der Waals surface area (Å²) in [7, 11) is 0. The Bertz CT molecular complexity index is 365. The molecule has 0 N–H and O–H groups in total. The molecule has 0 saturated carbocycles. The Balaban J connectivity index is 2.08. The van der Waals surface area contributed by atoms with E-state index in [1.54, 1.807) is 0 Å². The molecule has 0 aromatic carbocycles. The topological polar surface area (TPSA) is 30.2 Å². The second kappa shape index (κ2) is 10.4. The zero-order valence-corrected chi connectivity index (χ0v) is 12.9. The number of hydrogen-bond acceptors (Lipinski definition) is 2. The summed E-state index contributed by atoms with van der Waals surface area (Å²) in [6, 6.07) is 5.81. The van der Waals surface area contributed by atoms with Gasteiger partial charge in [-0.15, -0.1) is 0 Å². The smallest absolute Gasteiger partial charge is 0.310 e. The first-order valence-corrected chi connectivity index (χ1v) is 7.89. The van der Waals surface area contributed by atoms with Crippen molar-refractivity contribution in [1.82, 2.24) is 0 Å². The van der Waals surface area contributed by atoms with E-state index >= 15 is 0 Å². The number of ether oxygens (including phenoxy) is 1. The molecule has 0 amide bonds. The summed E-state index contributed by atoms with van der Waals surface area (Å²) in [5.41, 5.74) is 0. The fraction of sp³-hybridized carbons (Fsp3) is 0.647. The fourth-order valence-electron chi connectivity index (χ4n) is 2.19. The second-order valence-corrected chi connectivity index (χ2v) is 5.28. The average Bonchev–Trinajstić information content (AvgIpc) is 2.47. The molecule has 0 aliphatic rings. The van der Waals surface area contributed by atoms with Gasteiger partial charge in [0.05, 0.1) is 0 Å². The number of carbonyl (C=O) groups is 1. The van der Waals surface area contributed by atoms with Crippen LogP contribution in [0.2, 0.25) is 0 Å². The molecule has 0 spiro atoms. The van der Waals surface area contributed by atoms with Crippen molar-refractivity contribution in [2.45, 2.75) is 71.4 Å². The quantitative estimate of drug-likeness (QED) is 0.365. The van der Waals surface area contributed by atoms with Crippen molar-refractivity contribution in [3.63, 3.8) is 0 Å². The summed E-state index contributed by atoms with van der Waals surface area (Å²) in [6.07, 6.45) is 12.6. The van der Waals surface area contributed by atoms with E-state index in [4.69, 9.17) is 4.74 Å². The Morgan fingerprint density at radius 3 is 2.25 bits per heavy atom. The van der Waals surface area contributed by atoms with Crippen LogP contribution in [0, 0.1) is 0 Å². The summed E-state index contributed by atoms with van der Waals surface area (Å²) in [6.45, 7) is 4.12. The molecular formula is C17H28NO2+. The predicted molar refractivity (Wildman–Crippen MR) is 80.1 cm³/mol. The minimum Gasteiger partial charge on any atom is -0.403 e. The number of pyridine rings is 1. The summed E-state index contributed by atoms with van der Waals surface area (Å²) >= 11 is 0. The molecule has 0 saturated heterocycles. The lowest BCUT2D eigenvalue weighted by Gasteiger charge is -2.08. The number of rotatable bonds is 10. The number of esters is 1. The third-order valence-corrected chi connectivity index (χ3v) is 3.44. The summed E-state index contributed by atoms with van der Waals surface area (Å²) < 4.78 is 7.30. The van der Waals surface area contributed by atoms with Gasteiger partial charge in [0.2, 0.25) is 0 Å². The molecular weight excluding hydrogens is 250 g/mol. The van der Waals surface area contributed by atoms with E-state index in [1.165, 1.54) is 32.1 Å². The zero-order valence-electron chi connectivity index (χ0n) is 12.9. The van der Waals surface area contributed by atoms with Crippen molar-refractivity contribution in [3.05, 3.63) is 30.6 Å². The Morgan fingerprint density at radius 2 is 1.60 bits per heavy atom. The van der Waals surface area contributed by atoms with E-state index in [-0.39, 0.29) is 12.2 Å².